The van der Waals surface area contributed by atoms with Crippen LogP contribution in [0.1, 0.15) is 30.7 Å². The van der Waals surface area contributed by atoms with Crippen molar-refractivity contribution in [2.75, 3.05) is 6.61 Å². The summed E-state index contributed by atoms with van der Waals surface area (Å²) in [5, 5.41) is 10.7. The largest absolute Gasteiger partial charge is 0.451 e. The molecule has 0 aliphatic carbocycles. The zero-order chi connectivity index (χ0) is 19.6. The second-order valence-electron chi connectivity index (χ2n) is 5.79. The molecule has 0 saturated carbocycles. The second-order valence-corrected chi connectivity index (χ2v) is 7.25. The van der Waals surface area contributed by atoms with E-state index < -0.39 is 10.9 Å². The summed E-state index contributed by atoms with van der Waals surface area (Å²) in [7, 11) is 0. The Labute approximate surface area is 158 Å². The number of hydrogen-bond donors (Lipinski definition) is 0. The van der Waals surface area contributed by atoms with Crippen LogP contribution in [-0.4, -0.2) is 23.3 Å². The number of nitrogens with zero attached hydrogens (tertiary/aromatic N) is 1. The third-order valence-electron chi connectivity index (χ3n) is 3.85. The number of furan rings is 1. The Bertz CT molecular complexity index is 1020. The van der Waals surface area contributed by atoms with Crippen LogP contribution in [0.3, 0.4) is 0 Å². The van der Waals surface area contributed by atoms with Gasteiger partial charge in [-0.15, -0.1) is 11.3 Å². The molecule has 0 atom stereocenters. The number of nitro benzene ring substituents is 1. The van der Waals surface area contributed by atoms with Gasteiger partial charge in [0.1, 0.15) is 5.76 Å². The van der Waals surface area contributed by atoms with Crippen molar-refractivity contribution >= 4 is 28.8 Å². The molecule has 0 bridgehead atoms. The van der Waals surface area contributed by atoms with Gasteiger partial charge in [-0.2, -0.15) is 0 Å². The van der Waals surface area contributed by atoms with Crippen molar-refractivity contribution in [1.82, 2.24) is 0 Å². The van der Waals surface area contributed by atoms with Crippen LogP contribution in [0.4, 0.5) is 5.69 Å². The lowest BCUT2D eigenvalue weighted by Crippen LogP contribution is -2.14. The van der Waals surface area contributed by atoms with E-state index in [2.05, 4.69) is 0 Å². The van der Waals surface area contributed by atoms with Gasteiger partial charge in [-0.1, -0.05) is 0 Å². The first-order chi connectivity index (χ1) is 12.8. The number of esters is 1. The number of thiophene rings is 1. The predicted octanol–water partition coefficient (Wildman–Crippen LogP) is 4.57. The highest BCUT2D eigenvalue weighted by atomic mass is 32.1. The molecule has 0 radical (unpaired) electrons. The van der Waals surface area contributed by atoms with Gasteiger partial charge in [0, 0.05) is 33.0 Å². The number of non-ortho nitro benzene ring substituents is 1. The lowest BCUT2D eigenvalue weighted by Gasteiger charge is -2.02. The van der Waals surface area contributed by atoms with Crippen molar-refractivity contribution < 1.29 is 23.7 Å². The van der Waals surface area contributed by atoms with E-state index in [1.54, 1.807) is 12.1 Å². The molecule has 2 aromatic heterocycles. The van der Waals surface area contributed by atoms with E-state index in [-0.39, 0.29) is 23.8 Å². The first-order valence-electron chi connectivity index (χ1n) is 7.97. The van der Waals surface area contributed by atoms with Gasteiger partial charge in [0.05, 0.1) is 4.92 Å². The SMILES string of the molecule is Cc1cc(C(=O)COC(=O)c2ccc(-c3ccc([N+](=O)[O-])cc3)o2)c(C)s1. The Morgan fingerprint density at radius 2 is 1.85 bits per heavy atom. The Morgan fingerprint density at radius 1 is 1.15 bits per heavy atom. The van der Waals surface area contributed by atoms with Gasteiger partial charge in [0.15, 0.2) is 6.61 Å². The van der Waals surface area contributed by atoms with Gasteiger partial charge >= 0.3 is 5.97 Å². The summed E-state index contributed by atoms with van der Waals surface area (Å²) in [5.41, 5.74) is 1.10. The van der Waals surface area contributed by atoms with Gasteiger partial charge in [0.2, 0.25) is 11.5 Å². The van der Waals surface area contributed by atoms with Crippen molar-refractivity contribution in [3.05, 3.63) is 73.7 Å². The van der Waals surface area contributed by atoms with Crippen LogP contribution in [0.15, 0.2) is 46.9 Å². The molecular weight excluding hydrogens is 370 g/mol. The van der Waals surface area contributed by atoms with E-state index in [0.29, 0.717) is 16.9 Å². The number of carbonyl (C=O) groups is 2. The van der Waals surface area contributed by atoms with E-state index in [0.717, 1.165) is 9.75 Å². The first kappa shape index (κ1) is 18.5. The molecule has 27 heavy (non-hydrogen) atoms. The molecule has 7 nitrogen and oxygen atoms in total. The maximum atomic E-state index is 12.2. The van der Waals surface area contributed by atoms with Crippen LogP contribution >= 0.6 is 11.3 Å². The highest BCUT2D eigenvalue weighted by molar-refractivity contribution is 7.12. The maximum Gasteiger partial charge on any atom is 0.374 e. The molecule has 1 aromatic carbocycles. The van der Waals surface area contributed by atoms with Crippen LogP contribution in [0.2, 0.25) is 0 Å². The van der Waals surface area contributed by atoms with Crippen LogP contribution < -0.4 is 0 Å². The minimum Gasteiger partial charge on any atom is -0.451 e. The van der Waals surface area contributed by atoms with Crippen molar-refractivity contribution in [3.8, 4) is 11.3 Å². The lowest BCUT2D eigenvalue weighted by atomic mass is 10.1. The Kier molecular flexibility index (Phi) is 5.18. The quantitative estimate of drug-likeness (QED) is 0.267. The number of aryl methyl sites for hydroxylation is 2. The molecule has 0 N–H and O–H groups in total. The zero-order valence-electron chi connectivity index (χ0n) is 14.6. The summed E-state index contributed by atoms with van der Waals surface area (Å²) in [5.74, 6) is -0.699. The average Bonchev–Trinajstić information content (AvgIpc) is 3.26. The average molecular weight is 385 g/mol. The van der Waals surface area contributed by atoms with Crippen molar-refractivity contribution in [1.29, 1.82) is 0 Å². The maximum absolute atomic E-state index is 12.2. The number of hydrogen-bond acceptors (Lipinski definition) is 7. The summed E-state index contributed by atoms with van der Waals surface area (Å²) in [4.78, 5) is 36.4. The van der Waals surface area contributed by atoms with Crippen molar-refractivity contribution in [2.24, 2.45) is 0 Å². The molecule has 3 rings (SSSR count). The van der Waals surface area contributed by atoms with Gasteiger partial charge in [-0.25, -0.2) is 4.79 Å². The van der Waals surface area contributed by atoms with Crippen LogP contribution in [0.5, 0.6) is 0 Å². The number of ether oxygens (including phenoxy) is 1. The van der Waals surface area contributed by atoms with Crippen LogP contribution in [0, 0.1) is 24.0 Å². The van der Waals surface area contributed by atoms with Gasteiger partial charge < -0.3 is 9.15 Å². The van der Waals surface area contributed by atoms with Gasteiger partial charge in [0.25, 0.3) is 5.69 Å². The number of ketones is 1. The van der Waals surface area contributed by atoms with E-state index in [9.17, 15) is 19.7 Å². The summed E-state index contributed by atoms with van der Waals surface area (Å²) in [6, 6.07) is 10.5. The third-order valence-corrected chi connectivity index (χ3v) is 4.81. The molecule has 0 spiro atoms. The minimum atomic E-state index is -0.749. The number of nitro groups is 1. The number of rotatable bonds is 6. The fourth-order valence-electron chi connectivity index (χ4n) is 2.54. The van der Waals surface area contributed by atoms with E-state index >= 15 is 0 Å². The monoisotopic (exact) mass is 385 g/mol. The normalized spacial score (nSPS) is 10.6. The number of benzene rings is 1. The Morgan fingerprint density at radius 3 is 2.44 bits per heavy atom. The number of Topliss-reactive ketones (excluding diaryl/α,β-unsaturated/α-hetero) is 1. The predicted molar refractivity (Wildman–Crippen MR) is 99.2 cm³/mol. The van der Waals surface area contributed by atoms with E-state index in [4.69, 9.17) is 9.15 Å². The van der Waals surface area contributed by atoms with Gasteiger partial charge in [-0.3, -0.25) is 14.9 Å². The fourth-order valence-corrected chi connectivity index (χ4v) is 3.48. The smallest absolute Gasteiger partial charge is 0.374 e. The summed E-state index contributed by atoms with van der Waals surface area (Å²) in [6.07, 6.45) is 0. The Hall–Kier alpha value is -3.26. The molecule has 8 heteroatoms. The highest BCUT2D eigenvalue weighted by Crippen LogP contribution is 2.25. The fraction of sp³-hybridized carbons (Fsp3) is 0.158. The Balaban J connectivity index is 1.65. The number of carbonyl (C=O) groups excluding carboxylic acids is 2. The van der Waals surface area contributed by atoms with E-state index in [1.165, 1.54) is 41.7 Å². The topological polar surface area (TPSA) is 99.7 Å². The van der Waals surface area contributed by atoms with Crippen LogP contribution in [-0.2, 0) is 4.74 Å². The summed E-state index contributed by atoms with van der Waals surface area (Å²) >= 11 is 1.51. The standard InChI is InChI=1S/C19H15NO6S/c1-11-9-15(12(2)27-11)16(21)10-25-19(22)18-8-7-17(26-18)13-3-5-14(6-4-13)20(23)24/h3-9H,10H2,1-2H3. The molecule has 0 fully saturated rings. The van der Waals surface area contributed by atoms with Crippen molar-refractivity contribution in [3.63, 3.8) is 0 Å². The first-order valence-corrected chi connectivity index (χ1v) is 8.79. The zero-order valence-corrected chi connectivity index (χ0v) is 15.4. The van der Waals surface area contributed by atoms with Crippen LogP contribution in [0.25, 0.3) is 11.3 Å². The molecular formula is C19H15NO6S. The molecule has 2 heterocycles. The van der Waals surface area contributed by atoms with E-state index in [1.807, 2.05) is 13.8 Å². The molecule has 3 aromatic rings. The highest BCUT2D eigenvalue weighted by Gasteiger charge is 2.18. The molecule has 0 aliphatic heterocycles. The molecule has 0 aliphatic rings. The molecule has 0 unspecified atom stereocenters. The lowest BCUT2D eigenvalue weighted by molar-refractivity contribution is -0.384. The summed E-state index contributed by atoms with van der Waals surface area (Å²) in [6.45, 7) is 3.38. The molecule has 138 valence electrons. The molecule has 0 amide bonds. The molecule has 0 saturated heterocycles. The minimum absolute atomic E-state index is 0.0394. The third kappa shape index (κ3) is 4.12. The second kappa shape index (κ2) is 7.55. The van der Waals surface area contributed by atoms with Gasteiger partial charge in [-0.05, 0) is 44.2 Å². The summed E-state index contributed by atoms with van der Waals surface area (Å²) < 4.78 is 10.5. The van der Waals surface area contributed by atoms with Crippen molar-refractivity contribution in [2.45, 2.75) is 13.8 Å².